The second-order valence-electron chi connectivity index (χ2n) is 2.45. The maximum atomic E-state index is 10.6. The minimum Gasteiger partial charge on any atom is -0.480 e. The van der Waals surface area contributed by atoms with Gasteiger partial charge in [0.25, 0.3) is 0 Å². The molecule has 0 aliphatic rings. The Hall–Kier alpha value is -0.620. The van der Waals surface area contributed by atoms with Crippen LogP contribution < -0.4 is 5.32 Å². The number of amides is 1. The van der Waals surface area contributed by atoms with Crippen molar-refractivity contribution in [1.29, 1.82) is 0 Å². The van der Waals surface area contributed by atoms with Crippen molar-refractivity contribution in [2.24, 2.45) is 0 Å². The number of carbonyl (C=O) groups excluding carboxylic acids is 1. The van der Waals surface area contributed by atoms with Gasteiger partial charge in [0.1, 0.15) is 6.04 Å². The summed E-state index contributed by atoms with van der Waals surface area (Å²) in [5.74, 6) is -0.219. The van der Waals surface area contributed by atoms with Gasteiger partial charge in [0, 0.05) is 18.4 Å². The van der Waals surface area contributed by atoms with Gasteiger partial charge in [0.15, 0.2) is 0 Å². The SMILES string of the molecule is C=CCSSCC(NC(C)=O)C(=O)O. The maximum Gasteiger partial charge on any atom is 0.327 e. The van der Waals surface area contributed by atoms with Crippen LogP contribution in [0.1, 0.15) is 6.92 Å². The Morgan fingerprint density at radius 2 is 2.21 bits per heavy atom. The standard InChI is InChI=1S/C8H13NO3S2/c1-3-4-13-14-5-7(8(11)12)9-6(2)10/h3,7H,1,4-5H2,2H3,(H,9,10)(H,11,12). The van der Waals surface area contributed by atoms with Crippen LogP contribution in [0.4, 0.5) is 0 Å². The largest absolute Gasteiger partial charge is 0.480 e. The van der Waals surface area contributed by atoms with Crippen molar-refractivity contribution in [2.75, 3.05) is 11.5 Å². The fourth-order valence-electron chi connectivity index (χ4n) is 0.632. The summed E-state index contributed by atoms with van der Waals surface area (Å²) in [5, 5.41) is 11.1. The second kappa shape index (κ2) is 7.75. The van der Waals surface area contributed by atoms with Crippen molar-refractivity contribution < 1.29 is 14.7 Å². The molecule has 0 rings (SSSR count). The lowest BCUT2D eigenvalue weighted by Gasteiger charge is -2.11. The summed E-state index contributed by atoms with van der Waals surface area (Å²) in [6, 6.07) is -0.810. The maximum absolute atomic E-state index is 10.6. The van der Waals surface area contributed by atoms with Crippen LogP contribution >= 0.6 is 21.6 Å². The molecule has 6 heteroatoms. The van der Waals surface area contributed by atoms with E-state index in [1.54, 1.807) is 6.08 Å². The van der Waals surface area contributed by atoms with E-state index in [4.69, 9.17) is 5.11 Å². The summed E-state index contributed by atoms with van der Waals surface area (Å²) in [4.78, 5) is 21.3. The van der Waals surface area contributed by atoms with Crippen LogP contribution in [-0.2, 0) is 9.59 Å². The van der Waals surface area contributed by atoms with E-state index in [9.17, 15) is 9.59 Å². The van der Waals surface area contributed by atoms with E-state index in [0.717, 1.165) is 5.75 Å². The fraction of sp³-hybridized carbons (Fsp3) is 0.500. The van der Waals surface area contributed by atoms with Gasteiger partial charge in [-0.3, -0.25) is 4.79 Å². The molecule has 0 bridgehead atoms. The third-order valence-electron chi connectivity index (χ3n) is 1.18. The lowest BCUT2D eigenvalue weighted by atomic mass is 10.3. The molecule has 0 fully saturated rings. The molecular weight excluding hydrogens is 222 g/mol. The summed E-state index contributed by atoms with van der Waals surface area (Å²) in [6.07, 6.45) is 1.74. The molecule has 80 valence electrons. The van der Waals surface area contributed by atoms with E-state index in [1.807, 2.05) is 0 Å². The minimum absolute atomic E-state index is 0.327. The van der Waals surface area contributed by atoms with E-state index in [1.165, 1.54) is 28.5 Å². The molecule has 0 saturated heterocycles. The van der Waals surface area contributed by atoms with E-state index >= 15 is 0 Å². The monoisotopic (exact) mass is 235 g/mol. The number of nitrogens with one attached hydrogen (secondary N) is 1. The van der Waals surface area contributed by atoms with Gasteiger partial charge in [-0.15, -0.1) is 6.58 Å². The van der Waals surface area contributed by atoms with Crippen molar-refractivity contribution in [1.82, 2.24) is 5.32 Å². The molecule has 14 heavy (non-hydrogen) atoms. The van der Waals surface area contributed by atoms with Gasteiger partial charge in [-0.1, -0.05) is 27.7 Å². The number of hydrogen-bond acceptors (Lipinski definition) is 4. The molecule has 0 spiro atoms. The first-order valence-electron chi connectivity index (χ1n) is 3.93. The number of rotatable bonds is 7. The zero-order chi connectivity index (χ0) is 11.0. The van der Waals surface area contributed by atoms with Crippen molar-refractivity contribution in [2.45, 2.75) is 13.0 Å². The molecule has 0 saturated carbocycles. The fourth-order valence-corrected chi connectivity index (χ4v) is 2.56. The smallest absolute Gasteiger partial charge is 0.327 e. The third-order valence-corrected chi connectivity index (χ3v) is 3.50. The predicted molar refractivity (Wildman–Crippen MR) is 60.4 cm³/mol. The van der Waals surface area contributed by atoms with Gasteiger partial charge < -0.3 is 10.4 Å². The molecule has 1 atom stereocenters. The van der Waals surface area contributed by atoms with Gasteiger partial charge in [-0.2, -0.15) is 0 Å². The van der Waals surface area contributed by atoms with Crippen LogP contribution in [0.5, 0.6) is 0 Å². The molecule has 0 radical (unpaired) electrons. The van der Waals surface area contributed by atoms with Crippen molar-refractivity contribution in [3.8, 4) is 0 Å². The van der Waals surface area contributed by atoms with E-state index in [-0.39, 0.29) is 5.91 Å². The molecule has 0 aromatic rings. The number of aliphatic carboxylic acids is 1. The Morgan fingerprint density at radius 1 is 1.57 bits per heavy atom. The van der Waals surface area contributed by atoms with Gasteiger partial charge in [0.05, 0.1) is 0 Å². The highest BCUT2D eigenvalue weighted by atomic mass is 33.1. The van der Waals surface area contributed by atoms with Crippen LogP contribution in [0.25, 0.3) is 0 Å². The predicted octanol–water partition coefficient (Wildman–Crippen LogP) is 1.14. The van der Waals surface area contributed by atoms with Crippen LogP contribution in [-0.4, -0.2) is 34.5 Å². The van der Waals surface area contributed by atoms with Gasteiger partial charge >= 0.3 is 5.97 Å². The first-order chi connectivity index (χ1) is 6.57. The molecule has 4 nitrogen and oxygen atoms in total. The van der Waals surface area contributed by atoms with Crippen LogP contribution in [0.2, 0.25) is 0 Å². The Bertz CT molecular complexity index is 221. The topological polar surface area (TPSA) is 66.4 Å². The molecule has 1 unspecified atom stereocenters. The summed E-state index contributed by atoms with van der Waals surface area (Å²) < 4.78 is 0. The zero-order valence-corrected chi connectivity index (χ0v) is 9.49. The first kappa shape index (κ1) is 13.4. The van der Waals surface area contributed by atoms with Gasteiger partial charge in [-0.05, 0) is 0 Å². The summed E-state index contributed by atoms with van der Waals surface area (Å²) >= 11 is 0. The normalized spacial score (nSPS) is 11.8. The molecule has 0 aliphatic carbocycles. The van der Waals surface area contributed by atoms with Crippen molar-refractivity contribution in [3.05, 3.63) is 12.7 Å². The van der Waals surface area contributed by atoms with Gasteiger partial charge in [-0.25, -0.2) is 4.79 Å². The number of hydrogen-bond donors (Lipinski definition) is 2. The third kappa shape index (κ3) is 6.85. The van der Waals surface area contributed by atoms with Crippen molar-refractivity contribution in [3.63, 3.8) is 0 Å². The highest BCUT2D eigenvalue weighted by Gasteiger charge is 2.17. The average Bonchev–Trinajstić information content (AvgIpc) is 2.09. The minimum atomic E-state index is -1.01. The number of carboxylic acids is 1. The second-order valence-corrected chi connectivity index (χ2v) is 5.00. The molecule has 0 aliphatic heterocycles. The van der Waals surface area contributed by atoms with Crippen molar-refractivity contribution >= 4 is 33.5 Å². The molecule has 0 aromatic carbocycles. The molecular formula is C8H13NO3S2. The van der Waals surface area contributed by atoms with Gasteiger partial charge in [0.2, 0.25) is 5.91 Å². The quantitative estimate of drug-likeness (QED) is 0.393. The van der Waals surface area contributed by atoms with Crippen LogP contribution in [0.15, 0.2) is 12.7 Å². The van der Waals surface area contributed by atoms with Crippen LogP contribution in [0, 0.1) is 0 Å². The zero-order valence-electron chi connectivity index (χ0n) is 7.86. The molecule has 0 aromatic heterocycles. The highest BCUT2D eigenvalue weighted by molar-refractivity contribution is 8.76. The first-order valence-corrected chi connectivity index (χ1v) is 6.42. The van der Waals surface area contributed by atoms with E-state index in [0.29, 0.717) is 5.75 Å². The lowest BCUT2D eigenvalue weighted by Crippen LogP contribution is -2.41. The van der Waals surface area contributed by atoms with Crippen LogP contribution in [0.3, 0.4) is 0 Å². The lowest BCUT2D eigenvalue weighted by molar-refractivity contribution is -0.140. The van der Waals surface area contributed by atoms with E-state index in [2.05, 4.69) is 11.9 Å². The van der Waals surface area contributed by atoms with E-state index < -0.39 is 12.0 Å². The summed E-state index contributed by atoms with van der Waals surface area (Å²) in [5.41, 5.74) is 0. The Kier molecular flexibility index (Phi) is 7.41. The summed E-state index contributed by atoms with van der Waals surface area (Å²) in [7, 11) is 2.92. The number of carboxylic acid groups (broad SMARTS) is 1. The highest BCUT2D eigenvalue weighted by Crippen LogP contribution is 2.21. The number of carbonyl (C=O) groups is 2. The Labute approximate surface area is 90.9 Å². The Morgan fingerprint density at radius 3 is 2.64 bits per heavy atom. The molecule has 2 N–H and O–H groups in total. The molecule has 0 heterocycles. The summed E-state index contributed by atoms with van der Waals surface area (Å²) in [6.45, 7) is 4.84. The average molecular weight is 235 g/mol. The Balaban J connectivity index is 3.79. The molecule has 1 amide bonds.